The molecule has 0 aromatic heterocycles. The van der Waals surface area contributed by atoms with Crippen LogP contribution in [0.4, 0.5) is 0 Å². The first-order chi connectivity index (χ1) is 14.4. The first-order valence-electron chi connectivity index (χ1n) is 11.7. The maximum atomic E-state index is 11.7. The smallest absolute Gasteiger partial charge is 0.333 e. The third kappa shape index (κ3) is 12.6. The molecule has 30 heavy (non-hydrogen) atoms. The minimum absolute atomic E-state index is 0.0207. The summed E-state index contributed by atoms with van der Waals surface area (Å²) in [5.41, 5.74) is 0. The molecule has 1 fully saturated rings. The standard InChI is InChI=1S/C23H39NO6/c1-19(2)29-22(27)15-13-11-9-7-5-3-4-6-8-10-12-14-16-23(28)30-24-20(25)17-18-21(24)26/h19H,3-18H2,1-2H3. The van der Waals surface area contributed by atoms with E-state index in [1.807, 2.05) is 13.8 Å². The van der Waals surface area contributed by atoms with Crippen molar-refractivity contribution in [3.63, 3.8) is 0 Å². The van der Waals surface area contributed by atoms with E-state index in [4.69, 9.17) is 9.57 Å². The number of imide groups is 1. The summed E-state index contributed by atoms with van der Waals surface area (Å²) < 4.78 is 5.12. The Morgan fingerprint density at radius 3 is 1.47 bits per heavy atom. The van der Waals surface area contributed by atoms with Gasteiger partial charge in [-0.25, -0.2) is 4.79 Å². The van der Waals surface area contributed by atoms with Gasteiger partial charge in [-0.05, 0) is 26.7 Å². The van der Waals surface area contributed by atoms with Crippen LogP contribution in [-0.4, -0.2) is 34.9 Å². The number of hydroxylamine groups is 2. The van der Waals surface area contributed by atoms with E-state index in [-0.39, 0.29) is 31.3 Å². The van der Waals surface area contributed by atoms with Crippen molar-refractivity contribution in [1.82, 2.24) is 5.06 Å². The molecule has 0 bridgehead atoms. The van der Waals surface area contributed by atoms with Gasteiger partial charge in [0.05, 0.1) is 6.10 Å². The van der Waals surface area contributed by atoms with Gasteiger partial charge in [-0.3, -0.25) is 14.4 Å². The zero-order valence-corrected chi connectivity index (χ0v) is 18.8. The average Bonchev–Trinajstić information content (AvgIpc) is 2.99. The number of nitrogens with zero attached hydrogens (tertiary/aromatic N) is 1. The number of hydrogen-bond acceptors (Lipinski definition) is 6. The van der Waals surface area contributed by atoms with Gasteiger partial charge in [0.25, 0.3) is 11.8 Å². The molecule has 0 aromatic rings. The number of unbranched alkanes of at least 4 members (excludes halogenated alkanes) is 11. The van der Waals surface area contributed by atoms with Gasteiger partial charge >= 0.3 is 11.9 Å². The molecule has 0 unspecified atom stereocenters. The van der Waals surface area contributed by atoms with Crippen molar-refractivity contribution in [1.29, 1.82) is 0 Å². The van der Waals surface area contributed by atoms with Crippen LogP contribution in [0.1, 0.15) is 117 Å². The summed E-state index contributed by atoms with van der Waals surface area (Å²) in [7, 11) is 0. The van der Waals surface area contributed by atoms with Crippen LogP contribution in [0.2, 0.25) is 0 Å². The van der Waals surface area contributed by atoms with Gasteiger partial charge in [-0.15, -0.1) is 5.06 Å². The van der Waals surface area contributed by atoms with Crippen molar-refractivity contribution in [2.24, 2.45) is 0 Å². The van der Waals surface area contributed by atoms with Gasteiger partial charge in [0.2, 0.25) is 0 Å². The summed E-state index contributed by atoms with van der Waals surface area (Å²) in [5, 5.41) is 0.614. The van der Waals surface area contributed by atoms with Gasteiger partial charge in [-0.2, -0.15) is 0 Å². The third-order valence-electron chi connectivity index (χ3n) is 5.08. The molecule has 0 radical (unpaired) electrons. The highest BCUT2D eigenvalue weighted by molar-refractivity contribution is 6.01. The Morgan fingerprint density at radius 2 is 1.07 bits per heavy atom. The largest absolute Gasteiger partial charge is 0.463 e. The highest BCUT2D eigenvalue weighted by Gasteiger charge is 2.32. The topological polar surface area (TPSA) is 90.0 Å². The second kappa shape index (κ2) is 15.9. The van der Waals surface area contributed by atoms with E-state index in [1.54, 1.807) is 0 Å². The van der Waals surface area contributed by atoms with Crippen molar-refractivity contribution in [3.05, 3.63) is 0 Å². The first-order valence-corrected chi connectivity index (χ1v) is 11.7. The second-order valence-electron chi connectivity index (χ2n) is 8.33. The van der Waals surface area contributed by atoms with Gasteiger partial charge in [-0.1, -0.05) is 64.2 Å². The quantitative estimate of drug-likeness (QED) is 0.185. The van der Waals surface area contributed by atoms with Gasteiger partial charge < -0.3 is 9.57 Å². The molecule has 0 aliphatic carbocycles. The third-order valence-corrected chi connectivity index (χ3v) is 5.08. The SMILES string of the molecule is CC(C)OC(=O)CCCCCCCCCCCCCCC(=O)ON1C(=O)CCC1=O. The van der Waals surface area contributed by atoms with Crippen LogP contribution in [-0.2, 0) is 28.8 Å². The van der Waals surface area contributed by atoms with E-state index in [0.717, 1.165) is 38.5 Å². The summed E-state index contributed by atoms with van der Waals surface area (Å²) >= 11 is 0. The normalized spacial score (nSPS) is 13.9. The lowest BCUT2D eigenvalue weighted by atomic mass is 10.0. The Bertz CT molecular complexity index is 530. The number of hydrogen-bond donors (Lipinski definition) is 0. The Labute approximate surface area is 180 Å². The number of carbonyl (C=O) groups is 4. The number of carbonyl (C=O) groups excluding carboxylic acids is 4. The number of ether oxygens (including phenoxy) is 1. The van der Waals surface area contributed by atoms with Crippen LogP contribution in [0.5, 0.6) is 0 Å². The molecule has 0 spiro atoms. The molecule has 1 rings (SSSR count). The predicted molar refractivity (Wildman–Crippen MR) is 113 cm³/mol. The molecule has 7 nitrogen and oxygen atoms in total. The summed E-state index contributed by atoms with van der Waals surface area (Å²) in [5.74, 6) is -1.45. The summed E-state index contributed by atoms with van der Waals surface area (Å²) in [6.45, 7) is 3.75. The van der Waals surface area contributed by atoms with E-state index in [1.165, 1.54) is 38.5 Å². The molecule has 2 amide bonds. The molecule has 1 heterocycles. The highest BCUT2D eigenvalue weighted by Crippen LogP contribution is 2.15. The first kappa shape index (κ1) is 26.1. The van der Waals surface area contributed by atoms with Crippen LogP contribution in [0.25, 0.3) is 0 Å². The fourth-order valence-corrected chi connectivity index (χ4v) is 3.43. The highest BCUT2D eigenvalue weighted by atomic mass is 16.7. The molecule has 7 heteroatoms. The molecule has 0 N–H and O–H groups in total. The Kier molecular flexibility index (Phi) is 13.8. The molecular weight excluding hydrogens is 386 g/mol. The van der Waals surface area contributed by atoms with Crippen molar-refractivity contribution >= 4 is 23.8 Å². The number of rotatable bonds is 17. The van der Waals surface area contributed by atoms with Crippen molar-refractivity contribution in [2.75, 3.05) is 0 Å². The molecule has 1 aliphatic rings. The molecule has 0 atom stereocenters. The predicted octanol–water partition coefficient (Wildman–Crippen LogP) is 5.01. The zero-order valence-electron chi connectivity index (χ0n) is 18.8. The van der Waals surface area contributed by atoms with Crippen molar-refractivity contribution < 1.29 is 28.8 Å². The lowest BCUT2D eigenvalue weighted by Gasteiger charge is -2.12. The molecule has 0 saturated carbocycles. The van der Waals surface area contributed by atoms with Crippen LogP contribution in [0.15, 0.2) is 0 Å². The monoisotopic (exact) mass is 425 g/mol. The Balaban J connectivity index is 1.81. The lowest BCUT2D eigenvalue weighted by Crippen LogP contribution is -2.31. The van der Waals surface area contributed by atoms with Crippen LogP contribution in [0, 0.1) is 0 Å². The lowest BCUT2D eigenvalue weighted by molar-refractivity contribution is -0.197. The minimum Gasteiger partial charge on any atom is -0.463 e. The van der Waals surface area contributed by atoms with Gasteiger partial charge in [0, 0.05) is 25.7 Å². The van der Waals surface area contributed by atoms with Gasteiger partial charge in [0.15, 0.2) is 0 Å². The van der Waals surface area contributed by atoms with Gasteiger partial charge in [0.1, 0.15) is 0 Å². The molecule has 1 aliphatic heterocycles. The minimum atomic E-state index is -0.504. The van der Waals surface area contributed by atoms with Crippen molar-refractivity contribution in [2.45, 2.75) is 123 Å². The second-order valence-corrected chi connectivity index (χ2v) is 8.33. The molecule has 0 aromatic carbocycles. The molecule has 1 saturated heterocycles. The summed E-state index contributed by atoms with van der Waals surface area (Å²) in [6, 6.07) is 0. The Hall–Kier alpha value is -1.92. The average molecular weight is 426 g/mol. The fourth-order valence-electron chi connectivity index (χ4n) is 3.43. The van der Waals surface area contributed by atoms with E-state index in [2.05, 4.69) is 0 Å². The zero-order chi connectivity index (χ0) is 22.2. The van der Waals surface area contributed by atoms with E-state index in [0.29, 0.717) is 11.5 Å². The summed E-state index contributed by atoms with van der Waals surface area (Å²) in [4.78, 5) is 50.7. The maximum Gasteiger partial charge on any atom is 0.333 e. The Morgan fingerprint density at radius 1 is 0.700 bits per heavy atom. The van der Waals surface area contributed by atoms with Crippen molar-refractivity contribution in [3.8, 4) is 0 Å². The van der Waals surface area contributed by atoms with Crippen LogP contribution < -0.4 is 0 Å². The molecular formula is C23H39NO6. The van der Waals surface area contributed by atoms with E-state index >= 15 is 0 Å². The van der Waals surface area contributed by atoms with E-state index in [9.17, 15) is 19.2 Å². The van der Waals surface area contributed by atoms with E-state index < -0.39 is 17.8 Å². The van der Waals surface area contributed by atoms with Crippen LogP contribution >= 0.6 is 0 Å². The number of amides is 2. The maximum absolute atomic E-state index is 11.7. The number of esters is 1. The summed E-state index contributed by atoms with van der Waals surface area (Å²) in [6.07, 6.45) is 14.3. The fraction of sp³-hybridized carbons (Fsp3) is 0.826. The van der Waals surface area contributed by atoms with Crippen LogP contribution in [0.3, 0.4) is 0 Å². The molecule has 172 valence electrons.